The van der Waals surface area contributed by atoms with E-state index in [1.165, 1.54) is 0 Å². The molecule has 1 aliphatic rings. The molecule has 2 heterocycles. The van der Waals surface area contributed by atoms with E-state index in [1.807, 2.05) is 19.9 Å². The van der Waals surface area contributed by atoms with Gasteiger partial charge < -0.3 is 4.74 Å². The Morgan fingerprint density at radius 1 is 1.38 bits per heavy atom. The van der Waals surface area contributed by atoms with E-state index in [-0.39, 0.29) is 0 Å². The number of aliphatic imine (C=N–C) groups is 1. The van der Waals surface area contributed by atoms with Gasteiger partial charge in [0.05, 0.1) is 6.21 Å². The Labute approximate surface area is 76.8 Å². The van der Waals surface area contributed by atoms with Crippen molar-refractivity contribution in [3.05, 3.63) is 29.7 Å². The Morgan fingerprint density at radius 2 is 2.15 bits per heavy atom. The molecule has 13 heavy (non-hydrogen) atoms. The van der Waals surface area contributed by atoms with Crippen LogP contribution in [0.2, 0.25) is 0 Å². The molecule has 0 atom stereocenters. The summed E-state index contributed by atoms with van der Waals surface area (Å²) in [5.41, 5.74) is 1.99. The van der Waals surface area contributed by atoms with Crippen molar-refractivity contribution in [2.75, 3.05) is 0 Å². The lowest BCUT2D eigenvalue weighted by molar-refractivity contribution is 0.450. The standard InChI is InChI=1S/C10H10N2O/c1-6-4-7(2)12-10-9(6)13-8(3)5-11-10/h4-5H,3H2,1-2H3. The number of fused-ring (bicyclic) bond motifs is 1. The highest BCUT2D eigenvalue weighted by molar-refractivity contribution is 5.82. The molecule has 0 spiro atoms. The van der Waals surface area contributed by atoms with Crippen LogP contribution in [0.4, 0.5) is 5.82 Å². The zero-order valence-corrected chi connectivity index (χ0v) is 7.66. The second-order valence-electron chi connectivity index (χ2n) is 3.06. The van der Waals surface area contributed by atoms with E-state index in [0.29, 0.717) is 11.6 Å². The van der Waals surface area contributed by atoms with E-state index in [1.54, 1.807) is 6.21 Å². The molecule has 1 aromatic heterocycles. The summed E-state index contributed by atoms with van der Waals surface area (Å²) < 4.78 is 5.41. The molecule has 0 aliphatic carbocycles. The fourth-order valence-electron chi connectivity index (χ4n) is 1.31. The molecule has 66 valence electrons. The minimum Gasteiger partial charge on any atom is -0.452 e. The number of allylic oxidation sites excluding steroid dienone is 1. The molecule has 3 heteroatoms. The Hall–Kier alpha value is -1.64. The Kier molecular flexibility index (Phi) is 1.65. The van der Waals surface area contributed by atoms with Crippen molar-refractivity contribution in [2.24, 2.45) is 4.99 Å². The first-order valence-corrected chi connectivity index (χ1v) is 4.06. The van der Waals surface area contributed by atoms with Gasteiger partial charge in [0.2, 0.25) is 0 Å². The molecule has 0 bridgehead atoms. The van der Waals surface area contributed by atoms with Crippen LogP contribution in [-0.4, -0.2) is 11.2 Å². The van der Waals surface area contributed by atoms with E-state index in [2.05, 4.69) is 16.6 Å². The molecule has 0 radical (unpaired) electrons. The van der Waals surface area contributed by atoms with Crippen molar-refractivity contribution in [3.8, 4) is 5.75 Å². The average Bonchev–Trinajstić information content (AvgIpc) is 2.06. The number of hydrogen-bond donors (Lipinski definition) is 0. The van der Waals surface area contributed by atoms with E-state index < -0.39 is 0 Å². The first-order valence-electron chi connectivity index (χ1n) is 4.06. The van der Waals surface area contributed by atoms with Crippen LogP contribution in [0.15, 0.2) is 23.4 Å². The van der Waals surface area contributed by atoms with Crippen LogP contribution in [-0.2, 0) is 0 Å². The van der Waals surface area contributed by atoms with Gasteiger partial charge in [0.1, 0.15) is 5.76 Å². The number of rotatable bonds is 0. The Morgan fingerprint density at radius 3 is 2.92 bits per heavy atom. The summed E-state index contributed by atoms with van der Waals surface area (Å²) in [7, 11) is 0. The second kappa shape index (κ2) is 2.69. The highest BCUT2D eigenvalue weighted by atomic mass is 16.5. The number of ether oxygens (including phenoxy) is 1. The van der Waals surface area contributed by atoms with E-state index in [9.17, 15) is 0 Å². The van der Waals surface area contributed by atoms with Crippen LogP contribution >= 0.6 is 0 Å². The van der Waals surface area contributed by atoms with Crippen LogP contribution in [0.25, 0.3) is 0 Å². The first-order chi connectivity index (χ1) is 6.16. The molecule has 0 fully saturated rings. The molecule has 0 amide bonds. The summed E-state index contributed by atoms with van der Waals surface area (Å²) >= 11 is 0. The van der Waals surface area contributed by atoms with Gasteiger partial charge in [0.25, 0.3) is 0 Å². The van der Waals surface area contributed by atoms with Crippen LogP contribution < -0.4 is 4.74 Å². The maximum atomic E-state index is 5.41. The summed E-state index contributed by atoms with van der Waals surface area (Å²) in [6, 6.07) is 1.97. The lowest BCUT2D eigenvalue weighted by Gasteiger charge is -2.14. The third kappa shape index (κ3) is 1.33. The fraction of sp³-hybridized carbons (Fsp3) is 0.200. The van der Waals surface area contributed by atoms with Gasteiger partial charge in [-0.2, -0.15) is 0 Å². The smallest absolute Gasteiger partial charge is 0.196 e. The summed E-state index contributed by atoms with van der Waals surface area (Å²) in [5, 5.41) is 0. The van der Waals surface area contributed by atoms with Gasteiger partial charge in [-0.25, -0.2) is 9.98 Å². The third-order valence-electron chi connectivity index (χ3n) is 1.83. The SMILES string of the molecule is C=C1C=Nc2nc(C)cc(C)c2O1. The van der Waals surface area contributed by atoms with Gasteiger partial charge in [0.15, 0.2) is 11.6 Å². The monoisotopic (exact) mass is 174 g/mol. The lowest BCUT2D eigenvalue weighted by Crippen LogP contribution is -2.03. The molecule has 0 saturated carbocycles. The van der Waals surface area contributed by atoms with Crippen molar-refractivity contribution in [2.45, 2.75) is 13.8 Å². The summed E-state index contributed by atoms with van der Waals surface area (Å²) in [6.45, 7) is 7.59. The van der Waals surface area contributed by atoms with E-state index >= 15 is 0 Å². The zero-order valence-electron chi connectivity index (χ0n) is 7.66. The van der Waals surface area contributed by atoms with Crippen molar-refractivity contribution < 1.29 is 4.74 Å². The fourth-order valence-corrected chi connectivity index (χ4v) is 1.31. The molecule has 1 aliphatic heterocycles. The third-order valence-corrected chi connectivity index (χ3v) is 1.83. The van der Waals surface area contributed by atoms with Gasteiger partial charge in [-0.05, 0) is 25.5 Å². The molecule has 0 N–H and O–H groups in total. The van der Waals surface area contributed by atoms with Crippen LogP contribution in [0.1, 0.15) is 11.3 Å². The highest BCUT2D eigenvalue weighted by Crippen LogP contribution is 2.33. The van der Waals surface area contributed by atoms with Gasteiger partial charge >= 0.3 is 0 Å². The summed E-state index contributed by atoms with van der Waals surface area (Å²) in [5.74, 6) is 1.92. The molecule has 0 aromatic carbocycles. The van der Waals surface area contributed by atoms with Gasteiger partial charge in [-0.3, -0.25) is 0 Å². The maximum Gasteiger partial charge on any atom is 0.196 e. The average molecular weight is 174 g/mol. The zero-order chi connectivity index (χ0) is 9.42. The van der Waals surface area contributed by atoms with Crippen molar-refractivity contribution in [1.29, 1.82) is 0 Å². The molecule has 0 saturated heterocycles. The van der Waals surface area contributed by atoms with Crippen molar-refractivity contribution in [1.82, 2.24) is 4.98 Å². The van der Waals surface area contributed by atoms with Gasteiger partial charge in [-0.1, -0.05) is 6.58 Å². The van der Waals surface area contributed by atoms with Gasteiger partial charge in [-0.15, -0.1) is 0 Å². The minimum absolute atomic E-state index is 0.557. The number of hydrogen-bond acceptors (Lipinski definition) is 3. The Bertz CT molecular complexity index is 408. The van der Waals surface area contributed by atoms with Crippen molar-refractivity contribution in [3.63, 3.8) is 0 Å². The topological polar surface area (TPSA) is 34.5 Å². The predicted molar refractivity (Wildman–Crippen MR) is 51.6 cm³/mol. The van der Waals surface area contributed by atoms with Crippen LogP contribution in [0.3, 0.4) is 0 Å². The van der Waals surface area contributed by atoms with E-state index in [0.717, 1.165) is 17.0 Å². The number of pyridine rings is 1. The predicted octanol–water partition coefficient (Wildman–Crippen LogP) is 2.31. The normalized spacial score (nSPS) is 13.8. The maximum absolute atomic E-state index is 5.41. The van der Waals surface area contributed by atoms with Crippen molar-refractivity contribution >= 4 is 12.0 Å². The number of aryl methyl sites for hydroxylation is 2. The minimum atomic E-state index is 0.557. The molecular weight excluding hydrogens is 164 g/mol. The number of aromatic nitrogens is 1. The lowest BCUT2D eigenvalue weighted by atomic mass is 10.2. The highest BCUT2D eigenvalue weighted by Gasteiger charge is 2.13. The second-order valence-corrected chi connectivity index (χ2v) is 3.06. The Balaban J connectivity index is 2.62. The largest absolute Gasteiger partial charge is 0.452 e. The quantitative estimate of drug-likeness (QED) is 0.604. The molecule has 3 nitrogen and oxygen atoms in total. The molecule has 0 unspecified atom stereocenters. The summed E-state index contributed by atoms with van der Waals surface area (Å²) in [4.78, 5) is 8.38. The van der Waals surface area contributed by atoms with Crippen LogP contribution in [0.5, 0.6) is 5.75 Å². The van der Waals surface area contributed by atoms with E-state index in [4.69, 9.17) is 4.74 Å². The molecule has 1 aromatic rings. The molecule has 2 rings (SSSR count). The van der Waals surface area contributed by atoms with Gasteiger partial charge in [0, 0.05) is 5.69 Å². The number of nitrogens with zero attached hydrogens (tertiary/aromatic N) is 2. The van der Waals surface area contributed by atoms with Crippen LogP contribution in [0, 0.1) is 13.8 Å². The summed E-state index contributed by atoms with van der Waals surface area (Å²) in [6.07, 6.45) is 1.58. The first kappa shape index (κ1) is 7.98. The molecular formula is C10H10N2O.